The molecule has 0 bridgehead atoms. The highest BCUT2D eigenvalue weighted by atomic mass is 35.5. The van der Waals surface area contributed by atoms with Gasteiger partial charge in [0, 0.05) is 10.6 Å². The number of nitrogens with zero attached hydrogens (tertiary/aromatic N) is 3. The maximum absolute atomic E-state index is 13.2. The van der Waals surface area contributed by atoms with E-state index in [0.717, 1.165) is 47.9 Å². The van der Waals surface area contributed by atoms with Crippen molar-refractivity contribution in [2.24, 2.45) is 5.92 Å². The van der Waals surface area contributed by atoms with Gasteiger partial charge in [-0.2, -0.15) is 0 Å². The van der Waals surface area contributed by atoms with Crippen LogP contribution in [0.15, 0.2) is 48.5 Å². The summed E-state index contributed by atoms with van der Waals surface area (Å²) in [5.74, 6) is -0.423. The van der Waals surface area contributed by atoms with E-state index in [9.17, 15) is 9.90 Å². The van der Waals surface area contributed by atoms with Crippen molar-refractivity contribution in [1.29, 1.82) is 0 Å². The Morgan fingerprint density at radius 3 is 2.50 bits per heavy atom. The third kappa shape index (κ3) is 6.02. The maximum atomic E-state index is 13.2. The molecule has 0 saturated carbocycles. The van der Waals surface area contributed by atoms with Gasteiger partial charge in [0.05, 0.1) is 12.5 Å². The van der Waals surface area contributed by atoms with Gasteiger partial charge in [0.15, 0.2) is 5.75 Å². The lowest BCUT2D eigenvalue weighted by molar-refractivity contribution is -0.146. The van der Waals surface area contributed by atoms with Gasteiger partial charge in [0.25, 0.3) is 0 Å². The van der Waals surface area contributed by atoms with Crippen molar-refractivity contribution in [3.8, 4) is 22.6 Å². The number of phenolic OH excluding ortho intramolecular Hbond substituents is 1. The number of carbonyl (C=O) groups excluding carboxylic acids is 1. The first-order valence-electron chi connectivity index (χ1n) is 13.4. The number of carbonyl (C=O) groups is 1. The summed E-state index contributed by atoms with van der Waals surface area (Å²) >= 11 is 6.15. The lowest BCUT2D eigenvalue weighted by atomic mass is 9.92. The Hall–Kier alpha value is -3.38. The number of phenols is 1. The Morgan fingerprint density at radius 2 is 1.79 bits per heavy atom. The molecule has 0 saturated heterocycles. The molecule has 0 fully saturated rings. The number of ether oxygens (including phenoxy) is 1. The quantitative estimate of drug-likeness (QED) is 0.209. The average molecular weight is 534 g/mol. The maximum Gasteiger partial charge on any atom is 0.313 e. The van der Waals surface area contributed by atoms with Crippen molar-refractivity contribution in [2.45, 2.75) is 66.2 Å². The Bertz CT molecular complexity index is 1450. The van der Waals surface area contributed by atoms with Gasteiger partial charge >= 0.3 is 5.97 Å². The molecule has 0 aliphatic carbocycles. The summed E-state index contributed by atoms with van der Waals surface area (Å²) in [5.41, 5.74) is 6.01. The number of esters is 1. The summed E-state index contributed by atoms with van der Waals surface area (Å²) in [4.78, 5) is 14.6. The number of fused-ring (bicyclic) bond motifs is 1. The summed E-state index contributed by atoms with van der Waals surface area (Å²) < 4.78 is 5.78. The molecule has 0 spiro atoms. The van der Waals surface area contributed by atoms with Gasteiger partial charge in [-0.15, -0.1) is 15.0 Å². The lowest BCUT2D eigenvalue weighted by Crippen LogP contribution is -2.18. The Morgan fingerprint density at radius 1 is 1.03 bits per heavy atom. The largest absolute Gasteiger partial charge is 0.505 e. The molecule has 6 nitrogen and oxygen atoms in total. The minimum atomic E-state index is -0.540. The zero-order valence-electron chi connectivity index (χ0n) is 22.8. The molecule has 7 heteroatoms. The van der Waals surface area contributed by atoms with Gasteiger partial charge < -0.3 is 9.84 Å². The van der Waals surface area contributed by atoms with E-state index in [1.54, 1.807) is 24.3 Å². The van der Waals surface area contributed by atoms with Crippen molar-refractivity contribution >= 4 is 28.6 Å². The molecule has 1 heterocycles. The van der Waals surface area contributed by atoms with E-state index < -0.39 is 5.92 Å². The molecule has 0 radical (unpaired) electrons. The fourth-order valence-electron chi connectivity index (χ4n) is 4.72. The molecule has 4 aromatic rings. The first-order valence-corrected chi connectivity index (χ1v) is 13.7. The zero-order chi connectivity index (χ0) is 27.4. The van der Waals surface area contributed by atoms with Crippen LogP contribution in [0.1, 0.15) is 69.1 Å². The molecule has 0 aliphatic heterocycles. The zero-order valence-corrected chi connectivity index (χ0v) is 23.5. The van der Waals surface area contributed by atoms with E-state index in [2.05, 4.69) is 30.1 Å². The van der Waals surface area contributed by atoms with Gasteiger partial charge in [0.1, 0.15) is 16.7 Å². The van der Waals surface area contributed by atoms with E-state index in [0.29, 0.717) is 39.8 Å². The molecule has 1 aromatic heterocycles. The summed E-state index contributed by atoms with van der Waals surface area (Å²) in [7, 11) is 0. The van der Waals surface area contributed by atoms with E-state index in [1.165, 1.54) is 4.80 Å². The fraction of sp³-hybridized carbons (Fsp3) is 0.387. The second kappa shape index (κ2) is 12.0. The molecule has 0 amide bonds. The van der Waals surface area contributed by atoms with Gasteiger partial charge in [-0.05, 0) is 80.1 Å². The molecule has 4 rings (SSSR count). The number of hydrogen-bond donors (Lipinski definition) is 1. The van der Waals surface area contributed by atoms with Crippen LogP contribution in [0, 0.1) is 19.8 Å². The molecule has 3 aromatic carbocycles. The van der Waals surface area contributed by atoms with Crippen LogP contribution in [0.5, 0.6) is 5.75 Å². The third-order valence-corrected chi connectivity index (χ3v) is 7.44. The van der Waals surface area contributed by atoms with E-state index in [1.807, 2.05) is 39.0 Å². The molecule has 1 N–H and O–H groups in total. The van der Waals surface area contributed by atoms with Crippen molar-refractivity contribution in [3.63, 3.8) is 0 Å². The SMILES string of the molecule is CCCCC(CC)COC(=O)C(C)c1cc(-c2ccc(C)cc2C)c(O)c(-n2nc3ccc(Cl)cc3n2)c1. The number of benzene rings is 3. The summed E-state index contributed by atoms with van der Waals surface area (Å²) in [5, 5.41) is 21.2. The van der Waals surface area contributed by atoms with Crippen LogP contribution in [0.25, 0.3) is 27.8 Å². The fourth-order valence-corrected chi connectivity index (χ4v) is 4.89. The molecular formula is C31H36ClN3O3. The first-order chi connectivity index (χ1) is 18.2. The lowest BCUT2D eigenvalue weighted by Gasteiger charge is -2.19. The second-order valence-corrected chi connectivity index (χ2v) is 10.6. The molecule has 2 atom stereocenters. The summed E-state index contributed by atoms with van der Waals surface area (Å²) in [6.45, 7) is 10.6. The van der Waals surface area contributed by atoms with Crippen molar-refractivity contribution in [3.05, 3.63) is 70.2 Å². The summed E-state index contributed by atoms with van der Waals surface area (Å²) in [6, 6.07) is 15.0. The van der Waals surface area contributed by atoms with E-state index in [-0.39, 0.29) is 11.7 Å². The molecule has 0 aliphatic rings. The van der Waals surface area contributed by atoms with Crippen molar-refractivity contribution in [1.82, 2.24) is 15.0 Å². The predicted octanol–water partition coefficient (Wildman–Crippen LogP) is 7.93. The number of unbranched alkanes of at least 4 members (excludes halogenated alkanes) is 1. The normalized spacial score (nSPS) is 13.0. The third-order valence-electron chi connectivity index (χ3n) is 7.20. The molecule has 200 valence electrons. The number of rotatable bonds is 10. The highest BCUT2D eigenvalue weighted by Gasteiger charge is 2.24. The van der Waals surface area contributed by atoms with Crippen LogP contribution in [0.4, 0.5) is 0 Å². The van der Waals surface area contributed by atoms with Gasteiger partial charge in [-0.3, -0.25) is 4.79 Å². The first kappa shape index (κ1) is 27.6. The minimum absolute atomic E-state index is 0.0401. The highest BCUT2D eigenvalue weighted by molar-refractivity contribution is 6.31. The van der Waals surface area contributed by atoms with Crippen LogP contribution in [-0.2, 0) is 9.53 Å². The topological polar surface area (TPSA) is 77.2 Å². The number of aromatic nitrogens is 3. The van der Waals surface area contributed by atoms with Gasteiger partial charge in [0.2, 0.25) is 0 Å². The summed E-state index contributed by atoms with van der Waals surface area (Å²) in [6.07, 6.45) is 4.28. The monoisotopic (exact) mass is 533 g/mol. The average Bonchev–Trinajstić information content (AvgIpc) is 3.31. The molecular weight excluding hydrogens is 498 g/mol. The van der Waals surface area contributed by atoms with Crippen LogP contribution in [0.3, 0.4) is 0 Å². The van der Waals surface area contributed by atoms with Gasteiger partial charge in [-0.1, -0.05) is 68.5 Å². The van der Waals surface area contributed by atoms with Gasteiger partial charge in [-0.25, -0.2) is 0 Å². The number of aromatic hydroxyl groups is 1. The number of hydrogen-bond acceptors (Lipinski definition) is 5. The van der Waals surface area contributed by atoms with Crippen LogP contribution < -0.4 is 0 Å². The van der Waals surface area contributed by atoms with Crippen molar-refractivity contribution < 1.29 is 14.6 Å². The Balaban J connectivity index is 1.76. The smallest absolute Gasteiger partial charge is 0.313 e. The second-order valence-electron chi connectivity index (χ2n) is 10.1. The number of aryl methyl sites for hydroxylation is 2. The minimum Gasteiger partial charge on any atom is -0.505 e. The van der Waals surface area contributed by atoms with E-state index >= 15 is 0 Å². The number of halogens is 1. The van der Waals surface area contributed by atoms with Crippen LogP contribution in [-0.4, -0.2) is 32.7 Å². The molecule has 38 heavy (non-hydrogen) atoms. The predicted molar refractivity (Wildman–Crippen MR) is 153 cm³/mol. The highest BCUT2D eigenvalue weighted by Crippen LogP contribution is 2.39. The molecule has 2 unspecified atom stereocenters. The van der Waals surface area contributed by atoms with Crippen LogP contribution >= 0.6 is 11.6 Å². The van der Waals surface area contributed by atoms with Crippen LogP contribution in [0.2, 0.25) is 5.02 Å². The Labute approximate surface area is 229 Å². The van der Waals surface area contributed by atoms with Crippen molar-refractivity contribution in [2.75, 3.05) is 6.61 Å². The standard InChI is InChI=1S/C31H36ClN3O3/c1-6-8-9-22(7-2)18-38-31(37)21(5)23-15-26(25-12-10-19(3)14-20(25)4)30(36)29(16-23)35-33-27-13-11-24(32)17-28(27)34-35/h10-17,21-22,36H,6-9,18H2,1-5H3. The van der Waals surface area contributed by atoms with E-state index in [4.69, 9.17) is 16.3 Å². The Kier molecular flexibility index (Phi) is 8.72.